The number of nitrogens with one attached hydrogen (secondary N) is 1. The van der Waals surface area contributed by atoms with E-state index in [4.69, 9.17) is 0 Å². The van der Waals surface area contributed by atoms with E-state index in [0.29, 0.717) is 5.56 Å². The Kier molecular flexibility index (Phi) is 5.30. The molecule has 1 rings (SSSR count). The van der Waals surface area contributed by atoms with E-state index in [-0.39, 0.29) is 24.2 Å². The first-order chi connectivity index (χ1) is 8.82. The number of nitrogens with zero attached hydrogens (tertiary/aromatic N) is 1. The van der Waals surface area contributed by atoms with Gasteiger partial charge in [-0.3, -0.25) is 4.79 Å². The minimum atomic E-state index is -0.790. The lowest BCUT2D eigenvalue weighted by atomic mass is 10.1. The van der Waals surface area contributed by atoms with Gasteiger partial charge >= 0.3 is 0 Å². The fraction of sp³-hybridized carbons (Fsp3) is 0.500. The molecule has 0 aromatic heterocycles. The van der Waals surface area contributed by atoms with E-state index in [1.807, 2.05) is 13.8 Å². The molecule has 1 aromatic carbocycles. The Labute approximate surface area is 113 Å². The number of hydrogen-bond donors (Lipinski definition) is 2. The fourth-order valence-corrected chi connectivity index (χ4v) is 1.93. The number of hydrogen-bond acceptors (Lipinski definition) is 3. The van der Waals surface area contributed by atoms with Crippen molar-refractivity contribution < 1.29 is 14.3 Å². The van der Waals surface area contributed by atoms with Gasteiger partial charge in [-0.25, -0.2) is 4.39 Å². The van der Waals surface area contributed by atoms with Crippen LogP contribution < -0.4 is 10.2 Å². The smallest absolute Gasteiger partial charge is 0.239 e. The summed E-state index contributed by atoms with van der Waals surface area (Å²) in [5, 5.41) is 12.4. The average Bonchev–Trinajstić information content (AvgIpc) is 2.26. The van der Waals surface area contributed by atoms with Crippen LogP contribution in [0.1, 0.15) is 32.4 Å². The number of halogens is 1. The molecule has 1 amide bonds. The molecule has 5 heteroatoms. The minimum absolute atomic E-state index is 0.0396. The second-order valence-electron chi connectivity index (χ2n) is 4.93. The zero-order chi connectivity index (χ0) is 14.6. The van der Waals surface area contributed by atoms with E-state index in [0.717, 1.165) is 0 Å². The molecule has 0 fully saturated rings. The predicted molar refractivity (Wildman–Crippen MR) is 73.6 cm³/mol. The van der Waals surface area contributed by atoms with Crippen LogP contribution in [0.5, 0.6) is 0 Å². The molecule has 0 aliphatic heterocycles. The van der Waals surface area contributed by atoms with E-state index in [1.54, 1.807) is 26.1 Å². The van der Waals surface area contributed by atoms with Gasteiger partial charge in [-0.1, -0.05) is 12.1 Å². The number of para-hydroxylation sites is 1. The number of carbonyl (C=O) groups excluding carboxylic acids is 1. The van der Waals surface area contributed by atoms with Crippen molar-refractivity contribution in [2.75, 3.05) is 18.5 Å². The summed E-state index contributed by atoms with van der Waals surface area (Å²) in [7, 11) is 1.63. The lowest BCUT2D eigenvalue weighted by Gasteiger charge is -2.24. The van der Waals surface area contributed by atoms with Crippen molar-refractivity contribution in [3.05, 3.63) is 29.6 Å². The highest BCUT2D eigenvalue weighted by Crippen LogP contribution is 2.28. The van der Waals surface area contributed by atoms with Crippen molar-refractivity contribution in [3.63, 3.8) is 0 Å². The van der Waals surface area contributed by atoms with Gasteiger partial charge in [0.15, 0.2) is 0 Å². The standard InChI is InChI=1S/C14H21FN2O2/c1-9(2)16-13(19)8-17(4)14-11(10(3)18)6-5-7-12(14)15/h5-7,9-10,18H,8H2,1-4H3,(H,16,19). The molecule has 2 N–H and O–H groups in total. The number of amides is 1. The molecule has 106 valence electrons. The Morgan fingerprint density at radius 2 is 2.05 bits per heavy atom. The van der Waals surface area contributed by atoms with Gasteiger partial charge in [-0.2, -0.15) is 0 Å². The van der Waals surface area contributed by atoms with E-state index >= 15 is 0 Å². The van der Waals surface area contributed by atoms with Crippen molar-refractivity contribution in [2.45, 2.75) is 32.9 Å². The molecule has 19 heavy (non-hydrogen) atoms. The molecule has 0 aliphatic rings. The third-order valence-corrected chi connectivity index (χ3v) is 2.68. The highest BCUT2D eigenvalue weighted by Gasteiger charge is 2.18. The maximum atomic E-state index is 13.9. The maximum absolute atomic E-state index is 13.9. The van der Waals surface area contributed by atoms with Crippen LogP contribution >= 0.6 is 0 Å². The molecule has 0 saturated carbocycles. The largest absolute Gasteiger partial charge is 0.389 e. The van der Waals surface area contributed by atoms with Gasteiger partial charge in [0.25, 0.3) is 0 Å². The van der Waals surface area contributed by atoms with E-state index in [2.05, 4.69) is 5.32 Å². The zero-order valence-corrected chi connectivity index (χ0v) is 11.8. The Morgan fingerprint density at radius 1 is 1.42 bits per heavy atom. The first kappa shape index (κ1) is 15.4. The molecule has 0 spiro atoms. The van der Waals surface area contributed by atoms with Gasteiger partial charge in [0, 0.05) is 18.7 Å². The summed E-state index contributed by atoms with van der Waals surface area (Å²) < 4.78 is 13.9. The Bertz CT molecular complexity index is 447. The van der Waals surface area contributed by atoms with Crippen LogP contribution in [0, 0.1) is 5.82 Å². The summed E-state index contributed by atoms with van der Waals surface area (Å²) in [5.41, 5.74) is 0.733. The zero-order valence-electron chi connectivity index (χ0n) is 11.8. The van der Waals surface area contributed by atoms with Crippen molar-refractivity contribution in [3.8, 4) is 0 Å². The van der Waals surface area contributed by atoms with Gasteiger partial charge in [-0.15, -0.1) is 0 Å². The number of rotatable bonds is 5. The third kappa shape index (κ3) is 4.21. The molecular weight excluding hydrogens is 247 g/mol. The van der Waals surface area contributed by atoms with Gasteiger partial charge in [0.2, 0.25) is 5.91 Å². The lowest BCUT2D eigenvalue weighted by Crippen LogP contribution is -2.39. The van der Waals surface area contributed by atoms with Crippen molar-refractivity contribution in [1.82, 2.24) is 5.32 Å². The molecule has 1 aromatic rings. The quantitative estimate of drug-likeness (QED) is 0.856. The highest BCUT2D eigenvalue weighted by atomic mass is 19.1. The van der Waals surface area contributed by atoms with Gasteiger partial charge in [0.1, 0.15) is 5.82 Å². The number of carbonyl (C=O) groups is 1. The second-order valence-corrected chi connectivity index (χ2v) is 4.93. The highest BCUT2D eigenvalue weighted by molar-refractivity contribution is 5.81. The Morgan fingerprint density at radius 3 is 2.58 bits per heavy atom. The summed E-state index contributed by atoms with van der Waals surface area (Å²) in [6.07, 6.45) is -0.790. The monoisotopic (exact) mass is 268 g/mol. The molecule has 0 saturated heterocycles. The molecule has 1 atom stereocenters. The number of anilines is 1. The normalized spacial score (nSPS) is 12.4. The first-order valence-corrected chi connectivity index (χ1v) is 6.30. The average molecular weight is 268 g/mol. The van der Waals surface area contributed by atoms with Crippen molar-refractivity contribution in [2.24, 2.45) is 0 Å². The summed E-state index contributed by atoms with van der Waals surface area (Å²) >= 11 is 0. The fourth-order valence-electron chi connectivity index (χ4n) is 1.93. The van der Waals surface area contributed by atoms with Gasteiger partial charge in [0.05, 0.1) is 18.3 Å². The Hall–Kier alpha value is -1.62. The second kappa shape index (κ2) is 6.52. The molecule has 4 nitrogen and oxygen atoms in total. The molecule has 0 aliphatic carbocycles. The summed E-state index contributed by atoms with van der Waals surface area (Å²) in [4.78, 5) is 13.2. The molecule has 1 unspecified atom stereocenters. The lowest BCUT2D eigenvalue weighted by molar-refractivity contribution is -0.120. The SMILES string of the molecule is CC(C)NC(=O)CN(C)c1c(F)cccc1C(C)O. The van der Waals surface area contributed by atoms with Crippen LogP contribution in [-0.2, 0) is 4.79 Å². The van der Waals surface area contributed by atoms with E-state index in [9.17, 15) is 14.3 Å². The molecule has 0 heterocycles. The van der Waals surface area contributed by atoms with Crippen LogP contribution in [0.2, 0.25) is 0 Å². The van der Waals surface area contributed by atoms with Crippen molar-refractivity contribution >= 4 is 11.6 Å². The van der Waals surface area contributed by atoms with Crippen molar-refractivity contribution in [1.29, 1.82) is 0 Å². The van der Waals surface area contributed by atoms with Crippen LogP contribution in [0.4, 0.5) is 10.1 Å². The summed E-state index contributed by atoms with van der Waals surface area (Å²) in [5.74, 6) is -0.629. The third-order valence-electron chi connectivity index (χ3n) is 2.68. The maximum Gasteiger partial charge on any atom is 0.239 e. The van der Waals surface area contributed by atoms with Gasteiger partial charge < -0.3 is 15.3 Å². The molecule has 0 radical (unpaired) electrons. The van der Waals surface area contributed by atoms with Crippen LogP contribution in [0.25, 0.3) is 0 Å². The number of aliphatic hydroxyl groups excluding tert-OH is 1. The summed E-state index contributed by atoms with van der Waals surface area (Å²) in [6.45, 7) is 5.34. The van der Waals surface area contributed by atoms with E-state index in [1.165, 1.54) is 11.0 Å². The van der Waals surface area contributed by atoms with Crippen LogP contribution in [-0.4, -0.2) is 30.6 Å². The molecular formula is C14H21FN2O2. The number of likely N-dealkylation sites (N-methyl/N-ethyl adjacent to an activating group) is 1. The summed E-state index contributed by atoms with van der Waals surface area (Å²) in [6, 6.07) is 4.55. The number of benzene rings is 1. The van der Waals surface area contributed by atoms with E-state index < -0.39 is 11.9 Å². The number of aliphatic hydroxyl groups is 1. The van der Waals surface area contributed by atoms with Gasteiger partial charge in [-0.05, 0) is 26.8 Å². The van der Waals surface area contributed by atoms with Crippen LogP contribution in [0.3, 0.4) is 0 Å². The molecule has 0 bridgehead atoms. The topological polar surface area (TPSA) is 52.6 Å². The predicted octanol–water partition coefficient (Wildman–Crippen LogP) is 1.84. The first-order valence-electron chi connectivity index (χ1n) is 6.30. The van der Waals surface area contributed by atoms with Crippen LogP contribution in [0.15, 0.2) is 18.2 Å². The Balaban J connectivity index is 2.93. The minimum Gasteiger partial charge on any atom is -0.389 e.